The van der Waals surface area contributed by atoms with E-state index in [0.717, 1.165) is 29.9 Å². The molecule has 1 aliphatic rings. The molecule has 1 N–H and O–H groups in total. The highest BCUT2D eigenvalue weighted by Gasteiger charge is 2.24. The smallest absolute Gasteiger partial charge is 0.123 e. The molecule has 1 saturated heterocycles. The van der Waals surface area contributed by atoms with Gasteiger partial charge in [-0.05, 0) is 50.6 Å². The number of benzene rings is 1. The molecule has 4 heteroatoms. The Labute approximate surface area is 130 Å². The summed E-state index contributed by atoms with van der Waals surface area (Å²) in [5, 5.41) is 3.55. The monoisotopic (exact) mass is 340 g/mol. The Balaban J connectivity index is 1.99. The second kappa shape index (κ2) is 8.01. The van der Waals surface area contributed by atoms with Crippen LogP contribution in [0.2, 0.25) is 0 Å². The van der Waals surface area contributed by atoms with Crippen LogP contribution in [0.4, 0.5) is 0 Å². The standard InChI is InChI=1S/C16H25BrN2O/c1-3-8-18-11-15-5-4-9-19(15)12-13-10-14(17)6-7-16(13)20-2/h6-7,10,15,18H,3-5,8-9,11-12H2,1-2H3. The Bertz CT molecular complexity index is 425. The summed E-state index contributed by atoms with van der Waals surface area (Å²) in [6, 6.07) is 6.91. The summed E-state index contributed by atoms with van der Waals surface area (Å²) in [5.41, 5.74) is 1.27. The van der Waals surface area contributed by atoms with E-state index in [2.05, 4.69) is 39.1 Å². The van der Waals surface area contributed by atoms with Crippen LogP contribution in [0.1, 0.15) is 31.7 Å². The van der Waals surface area contributed by atoms with Gasteiger partial charge >= 0.3 is 0 Å². The number of nitrogens with zero attached hydrogens (tertiary/aromatic N) is 1. The van der Waals surface area contributed by atoms with E-state index in [1.807, 2.05) is 12.1 Å². The maximum absolute atomic E-state index is 5.48. The normalized spacial score (nSPS) is 19.4. The number of hydrogen-bond acceptors (Lipinski definition) is 3. The lowest BCUT2D eigenvalue weighted by atomic mass is 10.1. The molecule has 0 saturated carbocycles. The number of rotatable bonds is 7. The fourth-order valence-electron chi connectivity index (χ4n) is 2.87. The molecule has 0 amide bonds. The van der Waals surface area contributed by atoms with Gasteiger partial charge in [0.1, 0.15) is 5.75 Å². The first-order valence-electron chi connectivity index (χ1n) is 7.51. The van der Waals surface area contributed by atoms with Crippen LogP contribution in [0.3, 0.4) is 0 Å². The van der Waals surface area contributed by atoms with Crippen molar-refractivity contribution in [1.82, 2.24) is 10.2 Å². The van der Waals surface area contributed by atoms with Crippen molar-refractivity contribution in [1.29, 1.82) is 0 Å². The van der Waals surface area contributed by atoms with Gasteiger partial charge in [0, 0.05) is 29.2 Å². The molecule has 1 aromatic carbocycles. The van der Waals surface area contributed by atoms with Crippen molar-refractivity contribution >= 4 is 15.9 Å². The van der Waals surface area contributed by atoms with Gasteiger partial charge in [0.15, 0.2) is 0 Å². The first-order chi connectivity index (χ1) is 9.74. The van der Waals surface area contributed by atoms with E-state index in [1.54, 1.807) is 7.11 Å². The molecular formula is C16H25BrN2O. The quantitative estimate of drug-likeness (QED) is 0.769. The van der Waals surface area contributed by atoms with Crippen LogP contribution >= 0.6 is 15.9 Å². The molecule has 0 spiro atoms. The second-order valence-electron chi connectivity index (χ2n) is 5.43. The molecule has 0 aliphatic carbocycles. The molecule has 20 heavy (non-hydrogen) atoms. The molecule has 0 aromatic heterocycles. The zero-order valence-electron chi connectivity index (χ0n) is 12.5. The van der Waals surface area contributed by atoms with E-state index in [4.69, 9.17) is 4.74 Å². The van der Waals surface area contributed by atoms with E-state index >= 15 is 0 Å². The van der Waals surface area contributed by atoms with E-state index < -0.39 is 0 Å². The zero-order chi connectivity index (χ0) is 14.4. The first kappa shape index (κ1) is 15.8. The molecular weight excluding hydrogens is 316 g/mol. The topological polar surface area (TPSA) is 24.5 Å². The van der Waals surface area contributed by atoms with Gasteiger partial charge in [-0.25, -0.2) is 0 Å². The summed E-state index contributed by atoms with van der Waals surface area (Å²) >= 11 is 3.55. The number of ether oxygens (including phenoxy) is 1. The fraction of sp³-hybridized carbons (Fsp3) is 0.625. The average Bonchev–Trinajstić information content (AvgIpc) is 2.87. The molecule has 1 aromatic rings. The van der Waals surface area contributed by atoms with Crippen LogP contribution in [0.25, 0.3) is 0 Å². The van der Waals surface area contributed by atoms with Crippen LogP contribution in [0.5, 0.6) is 5.75 Å². The first-order valence-corrected chi connectivity index (χ1v) is 8.31. The number of nitrogens with one attached hydrogen (secondary N) is 1. The van der Waals surface area contributed by atoms with Crippen LogP contribution in [-0.2, 0) is 6.54 Å². The van der Waals surface area contributed by atoms with Gasteiger partial charge in [-0.2, -0.15) is 0 Å². The third-order valence-electron chi connectivity index (χ3n) is 3.92. The summed E-state index contributed by atoms with van der Waals surface area (Å²) in [6.07, 6.45) is 3.80. The molecule has 1 atom stereocenters. The van der Waals surface area contributed by atoms with E-state index in [0.29, 0.717) is 6.04 Å². The van der Waals surface area contributed by atoms with Gasteiger partial charge < -0.3 is 10.1 Å². The molecule has 1 unspecified atom stereocenters. The molecule has 1 fully saturated rings. The lowest BCUT2D eigenvalue weighted by Crippen LogP contribution is -2.37. The van der Waals surface area contributed by atoms with Crippen molar-refractivity contribution < 1.29 is 4.74 Å². The number of halogens is 1. The Hall–Kier alpha value is -0.580. The van der Waals surface area contributed by atoms with Crippen molar-refractivity contribution in [2.24, 2.45) is 0 Å². The Kier molecular flexibility index (Phi) is 6.33. The van der Waals surface area contributed by atoms with Crippen LogP contribution in [-0.4, -0.2) is 37.7 Å². The van der Waals surface area contributed by atoms with Crippen LogP contribution in [0, 0.1) is 0 Å². The van der Waals surface area contributed by atoms with Crippen molar-refractivity contribution in [2.75, 3.05) is 26.7 Å². The van der Waals surface area contributed by atoms with Gasteiger partial charge in [-0.3, -0.25) is 4.90 Å². The Morgan fingerprint density at radius 1 is 1.45 bits per heavy atom. The maximum atomic E-state index is 5.48. The van der Waals surface area contributed by atoms with E-state index in [-0.39, 0.29) is 0 Å². The van der Waals surface area contributed by atoms with E-state index in [9.17, 15) is 0 Å². The molecule has 112 valence electrons. The largest absolute Gasteiger partial charge is 0.496 e. The summed E-state index contributed by atoms with van der Waals surface area (Å²) < 4.78 is 6.60. The molecule has 2 rings (SSSR count). The SMILES string of the molecule is CCCNCC1CCCN1Cc1cc(Br)ccc1OC. The summed E-state index contributed by atoms with van der Waals surface area (Å²) in [4.78, 5) is 2.58. The zero-order valence-corrected chi connectivity index (χ0v) is 14.1. The Morgan fingerprint density at radius 2 is 2.30 bits per heavy atom. The van der Waals surface area contributed by atoms with Gasteiger partial charge in [-0.1, -0.05) is 22.9 Å². The second-order valence-corrected chi connectivity index (χ2v) is 6.34. The predicted octanol–water partition coefficient (Wildman–Crippen LogP) is 3.42. The number of hydrogen-bond donors (Lipinski definition) is 1. The van der Waals surface area contributed by atoms with Gasteiger partial charge in [-0.15, -0.1) is 0 Å². The minimum absolute atomic E-state index is 0.658. The highest BCUT2D eigenvalue weighted by atomic mass is 79.9. The highest BCUT2D eigenvalue weighted by Crippen LogP contribution is 2.27. The van der Waals surface area contributed by atoms with Crippen LogP contribution < -0.4 is 10.1 Å². The van der Waals surface area contributed by atoms with Crippen molar-refractivity contribution in [2.45, 2.75) is 38.8 Å². The highest BCUT2D eigenvalue weighted by molar-refractivity contribution is 9.10. The van der Waals surface area contributed by atoms with Gasteiger partial charge in [0.25, 0.3) is 0 Å². The lowest BCUT2D eigenvalue weighted by Gasteiger charge is -2.25. The Morgan fingerprint density at radius 3 is 3.05 bits per heavy atom. The minimum Gasteiger partial charge on any atom is -0.496 e. The molecule has 3 nitrogen and oxygen atoms in total. The molecule has 0 bridgehead atoms. The number of methoxy groups -OCH3 is 1. The van der Waals surface area contributed by atoms with Crippen molar-refractivity contribution in [3.8, 4) is 5.75 Å². The van der Waals surface area contributed by atoms with Crippen molar-refractivity contribution in [3.05, 3.63) is 28.2 Å². The fourth-order valence-corrected chi connectivity index (χ4v) is 3.28. The summed E-state index contributed by atoms with van der Waals surface area (Å²) in [6.45, 7) is 6.59. The third-order valence-corrected chi connectivity index (χ3v) is 4.41. The van der Waals surface area contributed by atoms with E-state index in [1.165, 1.54) is 31.4 Å². The van der Waals surface area contributed by atoms with Crippen molar-refractivity contribution in [3.63, 3.8) is 0 Å². The minimum atomic E-state index is 0.658. The molecule has 0 radical (unpaired) electrons. The molecule has 1 heterocycles. The molecule has 1 aliphatic heterocycles. The maximum Gasteiger partial charge on any atom is 0.123 e. The predicted molar refractivity (Wildman–Crippen MR) is 87.3 cm³/mol. The lowest BCUT2D eigenvalue weighted by molar-refractivity contribution is 0.236. The van der Waals surface area contributed by atoms with Crippen LogP contribution in [0.15, 0.2) is 22.7 Å². The van der Waals surface area contributed by atoms with Gasteiger partial charge in [0.05, 0.1) is 7.11 Å². The average molecular weight is 341 g/mol. The summed E-state index contributed by atoms with van der Waals surface area (Å²) in [5.74, 6) is 0.986. The number of likely N-dealkylation sites (tertiary alicyclic amines) is 1. The summed E-state index contributed by atoms with van der Waals surface area (Å²) in [7, 11) is 1.75. The third kappa shape index (κ3) is 4.21. The van der Waals surface area contributed by atoms with Gasteiger partial charge in [0.2, 0.25) is 0 Å².